The molecule has 1 aliphatic rings. The number of anilines is 1. The van der Waals surface area contributed by atoms with E-state index in [1.54, 1.807) is 0 Å². The molecule has 0 saturated carbocycles. The Balaban J connectivity index is 2.45. The Labute approximate surface area is 90.9 Å². The van der Waals surface area contributed by atoms with Crippen LogP contribution < -0.4 is 4.90 Å². The third kappa shape index (κ3) is 1.76. The summed E-state index contributed by atoms with van der Waals surface area (Å²) in [4.78, 5) is 13.7. The van der Waals surface area contributed by atoms with Crippen molar-refractivity contribution in [1.29, 1.82) is 0 Å². The molecule has 2 heteroatoms. The van der Waals surface area contributed by atoms with E-state index >= 15 is 0 Å². The number of amides is 1. The highest BCUT2D eigenvalue weighted by molar-refractivity contribution is 5.96. The molecule has 1 fully saturated rings. The monoisotopic (exact) mass is 203 g/mol. The van der Waals surface area contributed by atoms with Crippen molar-refractivity contribution in [2.45, 2.75) is 33.1 Å². The zero-order chi connectivity index (χ0) is 10.8. The minimum atomic E-state index is 0.277. The molecule has 0 spiro atoms. The fourth-order valence-electron chi connectivity index (χ4n) is 2.28. The third-order valence-electron chi connectivity index (χ3n) is 3.05. The molecule has 0 N–H and O–H groups in total. The average molecular weight is 203 g/mol. The highest BCUT2D eigenvalue weighted by Gasteiger charge is 2.24. The highest BCUT2D eigenvalue weighted by Crippen LogP contribution is 2.29. The van der Waals surface area contributed by atoms with Crippen LogP contribution >= 0.6 is 0 Å². The molecular formula is C13H17NO. The summed E-state index contributed by atoms with van der Waals surface area (Å²) < 4.78 is 0. The lowest BCUT2D eigenvalue weighted by Gasteiger charge is -2.21. The minimum absolute atomic E-state index is 0.277. The van der Waals surface area contributed by atoms with Gasteiger partial charge >= 0.3 is 0 Å². The van der Waals surface area contributed by atoms with Gasteiger partial charge in [0, 0.05) is 18.7 Å². The van der Waals surface area contributed by atoms with Gasteiger partial charge in [-0.1, -0.05) is 25.1 Å². The molecule has 1 aliphatic heterocycles. The fraction of sp³-hybridized carbons (Fsp3) is 0.462. The summed E-state index contributed by atoms with van der Waals surface area (Å²) in [6.07, 6.45) is 2.69. The van der Waals surface area contributed by atoms with Gasteiger partial charge in [-0.15, -0.1) is 0 Å². The summed E-state index contributed by atoms with van der Waals surface area (Å²) in [6.45, 7) is 5.11. The van der Waals surface area contributed by atoms with Gasteiger partial charge in [-0.05, 0) is 30.9 Å². The Morgan fingerprint density at radius 2 is 2.20 bits per heavy atom. The van der Waals surface area contributed by atoms with Gasteiger partial charge in [0.1, 0.15) is 0 Å². The first-order chi connectivity index (χ1) is 7.24. The molecule has 0 aromatic heterocycles. The van der Waals surface area contributed by atoms with Crippen LogP contribution in [0.25, 0.3) is 0 Å². The van der Waals surface area contributed by atoms with Crippen molar-refractivity contribution >= 4 is 11.6 Å². The van der Waals surface area contributed by atoms with Gasteiger partial charge in [-0.25, -0.2) is 0 Å². The summed E-state index contributed by atoms with van der Waals surface area (Å²) in [5.74, 6) is 0.277. The molecule has 1 heterocycles. The average Bonchev–Trinajstić information content (AvgIpc) is 2.64. The molecular weight excluding hydrogens is 186 g/mol. The second-order valence-electron chi connectivity index (χ2n) is 4.09. The lowest BCUT2D eigenvalue weighted by atomic mass is 10.0. The lowest BCUT2D eigenvalue weighted by Crippen LogP contribution is -2.25. The first-order valence-corrected chi connectivity index (χ1v) is 5.63. The molecule has 0 bridgehead atoms. The van der Waals surface area contributed by atoms with E-state index in [1.165, 1.54) is 11.1 Å². The Bertz CT molecular complexity index is 384. The van der Waals surface area contributed by atoms with Gasteiger partial charge in [0.15, 0.2) is 0 Å². The predicted molar refractivity (Wildman–Crippen MR) is 62.1 cm³/mol. The Hall–Kier alpha value is -1.31. The Kier molecular flexibility index (Phi) is 2.76. The lowest BCUT2D eigenvalue weighted by molar-refractivity contribution is -0.117. The van der Waals surface area contributed by atoms with Crippen LogP contribution in [0.1, 0.15) is 30.9 Å². The molecule has 0 radical (unpaired) electrons. The second kappa shape index (κ2) is 4.05. The van der Waals surface area contributed by atoms with E-state index in [1.807, 2.05) is 4.90 Å². The van der Waals surface area contributed by atoms with Gasteiger partial charge in [0.25, 0.3) is 0 Å². The predicted octanol–water partition coefficient (Wildman–Crippen LogP) is 2.68. The summed E-state index contributed by atoms with van der Waals surface area (Å²) in [7, 11) is 0. The van der Waals surface area contributed by atoms with E-state index in [-0.39, 0.29) is 5.91 Å². The number of hydrogen-bond acceptors (Lipinski definition) is 1. The largest absolute Gasteiger partial charge is 0.312 e. The van der Waals surface area contributed by atoms with Crippen LogP contribution in [0.5, 0.6) is 0 Å². The van der Waals surface area contributed by atoms with Gasteiger partial charge < -0.3 is 4.90 Å². The third-order valence-corrected chi connectivity index (χ3v) is 3.05. The number of carbonyl (C=O) groups excluding carboxylic acids is 1. The van der Waals surface area contributed by atoms with Crippen LogP contribution in [0.4, 0.5) is 5.69 Å². The molecule has 1 saturated heterocycles. The van der Waals surface area contributed by atoms with E-state index in [2.05, 4.69) is 32.0 Å². The molecule has 1 aromatic rings. The standard InChI is InChI=1S/C13H17NO/c1-3-11-7-4-6-10(2)13(11)14-9-5-8-12(14)15/h4,6-7H,3,5,8-9H2,1-2H3. The van der Waals surface area contributed by atoms with Gasteiger partial charge in [-0.2, -0.15) is 0 Å². The smallest absolute Gasteiger partial charge is 0.227 e. The molecule has 0 unspecified atom stereocenters. The SMILES string of the molecule is CCc1cccc(C)c1N1CCCC1=O. The minimum Gasteiger partial charge on any atom is -0.312 e. The Morgan fingerprint density at radius 1 is 1.40 bits per heavy atom. The normalized spacial score (nSPS) is 16.1. The van der Waals surface area contributed by atoms with E-state index in [0.29, 0.717) is 6.42 Å². The summed E-state index contributed by atoms with van der Waals surface area (Å²) in [5.41, 5.74) is 3.65. The first kappa shape index (κ1) is 10.2. The van der Waals surface area contributed by atoms with Crippen molar-refractivity contribution < 1.29 is 4.79 Å². The van der Waals surface area contributed by atoms with Crippen molar-refractivity contribution in [3.8, 4) is 0 Å². The van der Waals surface area contributed by atoms with E-state index < -0.39 is 0 Å². The zero-order valence-electron chi connectivity index (χ0n) is 9.42. The zero-order valence-corrected chi connectivity index (χ0v) is 9.42. The maximum atomic E-state index is 11.7. The number of nitrogens with zero attached hydrogens (tertiary/aromatic N) is 1. The maximum absolute atomic E-state index is 11.7. The van der Waals surface area contributed by atoms with E-state index in [9.17, 15) is 4.79 Å². The molecule has 15 heavy (non-hydrogen) atoms. The van der Waals surface area contributed by atoms with Crippen molar-refractivity contribution in [1.82, 2.24) is 0 Å². The number of para-hydroxylation sites is 1. The van der Waals surface area contributed by atoms with E-state index in [4.69, 9.17) is 0 Å². The van der Waals surface area contributed by atoms with Crippen LogP contribution in [0.15, 0.2) is 18.2 Å². The topological polar surface area (TPSA) is 20.3 Å². The van der Waals surface area contributed by atoms with E-state index in [0.717, 1.165) is 25.1 Å². The molecule has 80 valence electrons. The van der Waals surface area contributed by atoms with Crippen LogP contribution in [-0.4, -0.2) is 12.5 Å². The fourth-order valence-corrected chi connectivity index (χ4v) is 2.28. The van der Waals surface area contributed by atoms with Crippen molar-refractivity contribution in [3.63, 3.8) is 0 Å². The van der Waals surface area contributed by atoms with Crippen LogP contribution in [-0.2, 0) is 11.2 Å². The molecule has 2 rings (SSSR count). The van der Waals surface area contributed by atoms with Crippen molar-refractivity contribution in [2.75, 3.05) is 11.4 Å². The number of benzene rings is 1. The summed E-state index contributed by atoms with van der Waals surface area (Å²) in [6, 6.07) is 6.27. The van der Waals surface area contributed by atoms with Crippen LogP contribution in [0, 0.1) is 6.92 Å². The molecule has 2 nitrogen and oxygen atoms in total. The number of aryl methyl sites for hydroxylation is 2. The number of hydrogen-bond donors (Lipinski definition) is 0. The van der Waals surface area contributed by atoms with Gasteiger partial charge in [0.05, 0.1) is 0 Å². The molecule has 0 atom stereocenters. The number of carbonyl (C=O) groups is 1. The number of rotatable bonds is 2. The van der Waals surface area contributed by atoms with Gasteiger partial charge in [-0.3, -0.25) is 4.79 Å². The summed E-state index contributed by atoms with van der Waals surface area (Å²) >= 11 is 0. The van der Waals surface area contributed by atoms with Crippen LogP contribution in [0.2, 0.25) is 0 Å². The molecule has 0 aliphatic carbocycles. The quantitative estimate of drug-likeness (QED) is 0.723. The Morgan fingerprint density at radius 3 is 2.80 bits per heavy atom. The molecule has 1 aromatic carbocycles. The van der Waals surface area contributed by atoms with Crippen molar-refractivity contribution in [3.05, 3.63) is 29.3 Å². The highest BCUT2D eigenvalue weighted by atomic mass is 16.2. The molecule has 1 amide bonds. The maximum Gasteiger partial charge on any atom is 0.227 e. The summed E-state index contributed by atoms with van der Waals surface area (Å²) in [5, 5.41) is 0. The first-order valence-electron chi connectivity index (χ1n) is 5.63. The van der Waals surface area contributed by atoms with Crippen LogP contribution in [0.3, 0.4) is 0 Å². The van der Waals surface area contributed by atoms with Gasteiger partial charge in [0.2, 0.25) is 5.91 Å². The second-order valence-corrected chi connectivity index (χ2v) is 4.09. The van der Waals surface area contributed by atoms with Crippen molar-refractivity contribution in [2.24, 2.45) is 0 Å².